The molecule has 2 heterocycles. The molecule has 6 nitrogen and oxygen atoms in total. The van der Waals surface area contributed by atoms with E-state index in [1.807, 2.05) is 44.4 Å². The summed E-state index contributed by atoms with van der Waals surface area (Å²) >= 11 is 6.00. The van der Waals surface area contributed by atoms with Crippen molar-refractivity contribution in [2.75, 3.05) is 7.05 Å². The van der Waals surface area contributed by atoms with Crippen molar-refractivity contribution in [3.63, 3.8) is 0 Å². The first-order valence-electron chi connectivity index (χ1n) is 8.12. The first-order chi connectivity index (χ1) is 11.9. The van der Waals surface area contributed by atoms with E-state index in [-0.39, 0.29) is 5.91 Å². The molecule has 0 unspecified atom stereocenters. The molecule has 0 radical (unpaired) electrons. The van der Waals surface area contributed by atoms with Gasteiger partial charge in [0.15, 0.2) is 0 Å². The maximum Gasteiger partial charge on any atom is 0.266 e. The van der Waals surface area contributed by atoms with Crippen LogP contribution in [0.5, 0.6) is 0 Å². The molecule has 0 N–H and O–H groups in total. The highest BCUT2D eigenvalue weighted by Crippen LogP contribution is 2.19. The normalized spacial score (nSPS) is 16.5. The standard InChI is InChI=1S/C18H21ClN4O2/c1-12-14(11-23(3)20-12)10-22(2)18(24)17-9-16(21-25-17)8-13-5-4-6-15(19)7-13/h4-7,11,17H,8-10H2,1-3H3/t17-/m0/s1. The molecule has 0 aliphatic carbocycles. The van der Waals surface area contributed by atoms with Crippen molar-refractivity contribution in [1.29, 1.82) is 0 Å². The van der Waals surface area contributed by atoms with Gasteiger partial charge in [0, 0.05) is 50.3 Å². The van der Waals surface area contributed by atoms with Gasteiger partial charge in [0.2, 0.25) is 6.10 Å². The third-order valence-electron chi connectivity index (χ3n) is 4.20. The van der Waals surface area contributed by atoms with Crippen molar-refractivity contribution in [2.45, 2.75) is 32.4 Å². The van der Waals surface area contributed by atoms with Gasteiger partial charge in [-0.25, -0.2) is 0 Å². The molecule has 0 fully saturated rings. The highest BCUT2D eigenvalue weighted by Gasteiger charge is 2.30. The number of hydrogen-bond acceptors (Lipinski definition) is 4. The second-order valence-electron chi connectivity index (χ2n) is 6.37. The minimum Gasteiger partial charge on any atom is -0.382 e. The van der Waals surface area contributed by atoms with Crippen LogP contribution in [0.1, 0.15) is 23.2 Å². The average Bonchev–Trinajstić information content (AvgIpc) is 3.13. The molecule has 0 spiro atoms. The zero-order chi connectivity index (χ0) is 18.0. The number of halogens is 1. The number of aryl methyl sites for hydroxylation is 2. The van der Waals surface area contributed by atoms with Gasteiger partial charge in [-0.15, -0.1) is 0 Å². The van der Waals surface area contributed by atoms with E-state index in [1.54, 1.807) is 16.6 Å². The predicted molar refractivity (Wildman–Crippen MR) is 96.5 cm³/mol. The molecular weight excluding hydrogens is 340 g/mol. The van der Waals surface area contributed by atoms with Gasteiger partial charge in [-0.2, -0.15) is 5.10 Å². The van der Waals surface area contributed by atoms with Gasteiger partial charge >= 0.3 is 0 Å². The molecule has 7 heteroatoms. The molecule has 1 amide bonds. The molecule has 0 saturated carbocycles. The van der Waals surface area contributed by atoms with Gasteiger partial charge in [-0.1, -0.05) is 28.9 Å². The number of carbonyl (C=O) groups is 1. The van der Waals surface area contributed by atoms with E-state index in [0.717, 1.165) is 22.5 Å². The lowest BCUT2D eigenvalue weighted by atomic mass is 10.0. The minimum atomic E-state index is -0.559. The topological polar surface area (TPSA) is 59.7 Å². The van der Waals surface area contributed by atoms with E-state index in [4.69, 9.17) is 16.4 Å². The van der Waals surface area contributed by atoms with Crippen LogP contribution < -0.4 is 0 Å². The quantitative estimate of drug-likeness (QED) is 0.823. The third kappa shape index (κ3) is 4.20. The van der Waals surface area contributed by atoms with Gasteiger partial charge in [-0.3, -0.25) is 9.48 Å². The van der Waals surface area contributed by atoms with Crippen molar-refractivity contribution >= 4 is 23.2 Å². The SMILES string of the molecule is Cc1nn(C)cc1CN(C)C(=O)[C@@H]1CC(Cc2cccc(Cl)c2)=NO1. The number of likely N-dealkylation sites (N-methyl/N-ethyl adjacent to an activating group) is 1. The summed E-state index contributed by atoms with van der Waals surface area (Å²) in [5.41, 5.74) is 3.86. The molecule has 1 aromatic heterocycles. The van der Waals surface area contributed by atoms with E-state index in [0.29, 0.717) is 24.4 Å². The summed E-state index contributed by atoms with van der Waals surface area (Å²) in [7, 11) is 3.64. The smallest absolute Gasteiger partial charge is 0.266 e. The highest BCUT2D eigenvalue weighted by atomic mass is 35.5. The average molecular weight is 361 g/mol. The maximum absolute atomic E-state index is 12.6. The number of nitrogens with zero attached hydrogens (tertiary/aromatic N) is 4. The third-order valence-corrected chi connectivity index (χ3v) is 4.44. The van der Waals surface area contributed by atoms with Crippen molar-refractivity contribution in [2.24, 2.45) is 12.2 Å². The Morgan fingerprint density at radius 1 is 1.48 bits per heavy atom. The number of oxime groups is 1. The summed E-state index contributed by atoms with van der Waals surface area (Å²) in [4.78, 5) is 19.6. The van der Waals surface area contributed by atoms with Crippen LogP contribution in [0.3, 0.4) is 0 Å². The largest absolute Gasteiger partial charge is 0.382 e. The molecule has 0 saturated heterocycles. The molecule has 25 heavy (non-hydrogen) atoms. The highest BCUT2D eigenvalue weighted by molar-refractivity contribution is 6.30. The van der Waals surface area contributed by atoms with Crippen LogP contribution in [-0.2, 0) is 29.6 Å². The van der Waals surface area contributed by atoms with E-state index < -0.39 is 6.10 Å². The van der Waals surface area contributed by atoms with Gasteiger partial charge in [0.1, 0.15) is 0 Å². The Balaban J connectivity index is 1.56. The summed E-state index contributed by atoms with van der Waals surface area (Å²) < 4.78 is 1.75. The van der Waals surface area contributed by atoms with E-state index in [2.05, 4.69) is 10.3 Å². The molecule has 1 aliphatic heterocycles. The van der Waals surface area contributed by atoms with Gasteiger partial charge < -0.3 is 9.74 Å². The van der Waals surface area contributed by atoms with Crippen LogP contribution in [0.2, 0.25) is 5.02 Å². The van der Waals surface area contributed by atoms with Gasteiger partial charge in [0.25, 0.3) is 5.91 Å². The van der Waals surface area contributed by atoms with Crippen molar-refractivity contribution < 1.29 is 9.63 Å². The molecule has 1 atom stereocenters. The number of aromatic nitrogens is 2. The van der Waals surface area contributed by atoms with Crippen LogP contribution in [0, 0.1) is 6.92 Å². The summed E-state index contributed by atoms with van der Waals surface area (Å²) in [6, 6.07) is 7.62. The molecule has 0 bridgehead atoms. The molecular formula is C18H21ClN4O2. The summed E-state index contributed by atoms with van der Waals surface area (Å²) in [6.45, 7) is 2.44. The molecule has 132 valence electrons. The van der Waals surface area contributed by atoms with E-state index in [1.165, 1.54) is 0 Å². The van der Waals surface area contributed by atoms with Crippen LogP contribution in [0.25, 0.3) is 0 Å². The lowest BCUT2D eigenvalue weighted by Gasteiger charge is -2.19. The second-order valence-corrected chi connectivity index (χ2v) is 6.81. The summed E-state index contributed by atoms with van der Waals surface area (Å²) in [5.74, 6) is -0.0758. The van der Waals surface area contributed by atoms with Crippen LogP contribution in [-0.4, -0.2) is 39.5 Å². The molecule has 1 aliphatic rings. The van der Waals surface area contributed by atoms with Crippen LogP contribution in [0.15, 0.2) is 35.6 Å². The Bertz CT molecular complexity index is 815. The molecule has 1 aromatic carbocycles. The van der Waals surface area contributed by atoms with Crippen molar-refractivity contribution in [3.05, 3.63) is 52.3 Å². The van der Waals surface area contributed by atoms with Gasteiger partial charge in [0.05, 0.1) is 11.4 Å². The maximum atomic E-state index is 12.6. The Kier molecular flexibility index (Phi) is 5.08. The first-order valence-corrected chi connectivity index (χ1v) is 8.50. The Morgan fingerprint density at radius 2 is 2.28 bits per heavy atom. The van der Waals surface area contributed by atoms with Crippen molar-refractivity contribution in [3.8, 4) is 0 Å². The Hall–Kier alpha value is -2.34. The fraction of sp³-hybridized carbons (Fsp3) is 0.389. The fourth-order valence-electron chi connectivity index (χ4n) is 2.93. The Labute approximate surface area is 152 Å². The zero-order valence-electron chi connectivity index (χ0n) is 14.6. The molecule has 3 rings (SSSR count). The minimum absolute atomic E-state index is 0.0758. The predicted octanol–water partition coefficient (Wildman–Crippen LogP) is 2.73. The number of hydrogen-bond donors (Lipinski definition) is 0. The van der Waals surface area contributed by atoms with Crippen LogP contribution in [0.4, 0.5) is 0 Å². The van der Waals surface area contributed by atoms with E-state index in [9.17, 15) is 4.79 Å². The number of rotatable bonds is 5. The van der Waals surface area contributed by atoms with Crippen molar-refractivity contribution in [1.82, 2.24) is 14.7 Å². The van der Waals surface area contributed by atoms with E-state index >= 15 is 0 Å². The first kappa shape index (κ1) is 17.5. The summed E-state index contributed by atoms with van der Waals surface area (Å²) in [5, 5.41) is 9.08. The van der Waals surface area contributed by atoms with Crippen LogP contribution >= 0.6 is 11.6 Å². The zero-order valence-corrected chi connectivity index (χ0v) is 15.3. The fourth-order valence-corrected chi connectivity index (χ4v) is 3.14. The summed E-state index contributed by atoms with van der Waals surface area (Å²) in [6.07, 6.45) is 2.50. The number of carbonyl (C=O) groups excluding carboxylic acids is 1. The number of benzene rings is 1. The lowest BCUT2D eigenvalue weighted by molar-refractivity contribution is -0.141. The van der Waals surface area contributed by atoms with Gasteiger partial charge in [-0.05, 0) is 24.6 Å². The monoisotopic (exact) mass is 360 g/mol. The number of amides is 1. The second kappa shape index (κ2) is 7.27. The Morgan fingerprint density at radius 3 is 2.96 bits per heavy atom. The lowest BCUT2D eigenvalue weighted by Crippen LogP contribution is -2.36. The molecule has 2 aromatic rings.